The van der Waals surface area contributed by atoms with Gasteiger partial charge < -0.3 is 9.88 Å². The Balaban J connectivity index is 2.96. The molecular formula is C10H15N3O2S. The molecule has 1 heterocycles. The van der Waals surface area contributed by atoms with Crippen LogP contribution in [0.15, 0.2) is 17.1 Å². The van der Waals surface area contributed by atoms with E-state index in [0.29, 0.717) is 0 Å². The van der Waals surface area contributed by atoms with E-state index in [1.54, 1.807) is 11.5 Å². The van der Waals surface area contributed by atoms with Crippen molar-refractivity contribution in [2.24, 2.45) is 0 Å². The van der Waals surface area contributed by atoms with Crippen molar-refractivity contribution in [1.82, 2.24) is 14.9 Å². The van der Waals surface area contributed by atoms with E-state index in [1.807, 2.05) is 13.8 Å². The summed E-state index contributed by atoms with van der Waals surface area (Å²) in [5.74, 6) is -0.127. The van der Waals surface area contributed by atoms with Crippen LogP contribution in [0.2, 0.25) is 0 Å². The SMILES string of the molecule is CC(C)NC(=O)C(C)n1ccc(=O)[nH]c1=S. The average Bonchev–Trinajstić information content (AvgIpc) is 2.15. The third-order valence-corrected chi connectivity index (χ3v) is 2.39. The molecule has 1 rings (SSSR count). The molecule has 1 atom stereocenters. The van der Waals surface area contributed by atoms with Gasteiger partial charge in [0, 0.05) is 18.3 Å². The minimum atomic E-state index is -0.438. The second kappa shape index (κ2) is 5.07. The van der Waals surface area contributed by atoms with Gasteiger partial charge in [0.1, 0.15) is 6.04 Å². The fraction of sp³-hybridized carbons (Fsp3) is 0.500. The molecule has 0 radical (unpaired) electrons. The third-order valence-electron chi connectivity index (χ3n) is 2.08. The van der Waals surface area contributed by atoms with Crippen molar-refractivity contribution < 1.29 is 4.79 Å². The van der Waals surface area contributed by atoms with Gasteiger partial charge in [-0.2, -0.15) is 0 Å². The number of hydrogen-bond donors (Lipinski definition) is 2. The number of carbonyl (C=O) groups is 1. The molecule has 0 fully saturated rings. The number of aromatic nitrogens is 2. The predicted molar refractivity (Wildman–Crippen MR) is 63.9 cm³/mol. The summed E-state index contributed by atoms with van der Waals surface area (Å²) in [6.07, 6.45) is 1.52. The lowest BCUT2D eigenvalue weighted by atomic mass is 10.3. The van der Waals surface area contributed by atoms with E-state index in [1.165, 1.54) is 12.3 Å². The summed E-state index contributed by atoms with van der Waals surface area (Å²) in [4.78, 5) is 25.2. The van der Waals surface area contributed by atoms with Crippen molar-refractivity contribution in [3.05, 3.63) is 27.4 Å². The van der Waals surface area contributed by atoms with Crippen molar-refractivity contribution in [2.75, 3.05) is 0 Å². The van der Waals surface area contributed by atoms with E-state index in [0.717, 1.165) is 0 Å². The van der Waals surface area contributed by atoms with Gasteiger partial charge in [0.15, 0.2) is 4.77 Å². The molecule has 0 aliphatic rings. The molecule has 16 heavy (non-hydrogen) atoms. The van der Waals surface area contributed by atoms with Gasteiger partial charge >= 0.3 is 0 Å². The van der Waals surface area contributed by atoms with E-state index in [9.17, 15) is 9.59 Å². The largest absolute Gasteiger partial charge is 0.352 e. The number of H-pyrrole nitrogens is 1. The quantitative estimate of drug-likeness (QED) is 0.776. The molecule has 2 N–H and O–H groups in total. The number of nitrogens with zero attached hydrogens (tertiary/aromatic N) is 1. The molecule has 1 aromatic heterocycles. The topological polar surface area (TPSA) is 66.9 Å². The molecule has 0 bridgehead atoms. The van der Waals surface area contributed by atoms with Crippen LogP contribution in [0.5, 0.6) is 0 Å². The molecule has 0 aromatic carbocycles. The highest BCUT2D eigenvalue weighted by molar-refractivity contribution is 7.71. The standard InChI is InChI=1S/C10H15N3O2S/c1-6(2)11-9(15)7(3)13-5-4-8(14)12-10(13)16/h4-7H,1-3H3,(H,11,15)(H,12,14,16). The van der Waals surface area contributed by atoms with Gasteiger partial charge in [0.2, 0.25) is 5.91 Å². The zero-order valence-electron chi connectivity index (χ0n) is 9.48. The zero-order chi connectivity index (χ0) is 12.3. The highest BCUT2D eigenvalue weighted by atomic mass is 32.1. The molecule has 0 aliphatic carbocycles. The molecular weight excluding hydrogens is 226 g/mol. The number of nitrogens with one attached hydrogen (secondary N) is 2. The van der Waals surface area contributed by atoms with Crippen molar-refractivity contribution >= 4 is 18.1 Å². The smallest absolute Gasteiger partial charge is 0.251 e. The van der Waals surface area contributed by atoms with Gasteiger partial charge in [0.05, 0.1) is 0 Å². The lowest BCUT2D eigenvalue weighted by molar-refractivity contribution is -0.124. The van der Waals surface area contributed by atoms with Gasteiger partial charge in [-0.15, -0.1) is 0 Å². The highest BCUT2D eigenvalue weighted by Gasteiger charge is 2.15. The monoisotopic (exact) mass is 241 g/mol. The minimum Gasteiger partial charge on any atom is -0.352 e. The van der Waals surface area contributed by atoms with Gasteiger partial charge in [-0.25, -0.2) is 0 Å². The minimum absolute atomic E-state index is 0.0758. The van der Waals surface area contributed by atoms with E-state index in [-0.39, 0.29) is 22.3 Å². The van der Waals surface area contributed by atoms with E-state index >= 15 is 0 Å². The lowest BCUT2D eigenvalue weighted by Crippen LogP contribution is -2.36. The van der Waals surface area contributed by atoms with Crippen LogP contribution in [0.25, 0.3) is 0 Å². The summed E-state index contributed by atoms with van der Waals surface area (Å²) < 4.78 is 1.80. The summed E-state index contributed by atoms with van der Waals surface area (Å²) in [5.41, 5.74) is -0.266. The molecule has 0 saturated carbocycles. The third kappa shape index (κ3) is 3.03. The average molecular weight is 241 g/mol. The molecule has 1 amide bonds. The first-order chi connectivity index (χ1) is 7.41. The van der Waals surface area contributed by atoms with Crippen molar-refractivity contribution in [3.63, 3.8) is 0 Å². The predicted octanol–water partition coefficient (Wildman–Crippen LogP) is 0.991. The summed E-state index contributed by atoms with van der Waals surface area (Å²) >= 11 is 4.98. The van der Waals surface area contributed by atoms with E-state index < -0.39 is 6.04 Å². The van der Waals surface area contributed by atoms with E-state index in [4.69, 9.17) is 12.2 Å². The maximum Gasteiger partial charge on any atom is 0.251 e. The molecule has 88 valence electrons. The van der Waals surface area contributed by atoms with Crippen LogP contribution >= 0.6 is 12.2 Å². The molecule has 0 spiro atoms. The van der Waals surface area contributed by atoms with Crippen LogP contribution in [-0.2, 0) is 4.79 Å². The summed E-state index contributed by atoms with van der Waals surface area (Å²) in [6.45, 7) is 5.50. The number of aromatic amines is 1. The normalized spacial score (nSPS) is 12.5. The number of amides is 1. The molecule has 5 nitrogen and oxygen atoms in total. The second-order valence-electron chi connectivity index (χ2n) is 3.86. The van der Waals surface area contributed by atoms with Gasteiger partial charge in [0.25, 0.3) is 5.56 Å². The Morgan fingerprint density at radius 1 is 1.50 bits per heavy atom. The molecule has 0 aliphatic heterocycles. The van der Waals surface area contributed by atoms with E-state index in [2.05, 4.69) is 10.3 Å². The van der Waals surface area contributed by atoms with Crippen molar-refractivity contribution in [1.29, 1.82) is 0 Å². The lowest BCUT2D eigenvalue weighted by Gasteiger charge is -2.17. The maximum absolute atomic E-state index is 11.7. The highest BCUT2D eigenvalue weighted by Crippen LogP contribution is 2.04. The second-order valence-corrected chi connectivity index (χ2v) is 4.24. The van der Waals surface area contributed by atoms with Crippen LogP contribution in [0.1, 0.15) is 26.8 Å². The van der Waals surface area contributed by atoms with Gasteiger partial charge in [-0.05, 0) is 33.0 Å². The van der Waals surface area contributed by atoms with Crippen LogP contribution < -0.4 is 10.9 Å². The Labute approximate surface area is 98.5 Å². The summed E-state index contributed by atoms with van der Waals surface area (Å²) in [7, 11) is 0. The Morgan fingerprint density at radius 2 is 2.12 bits per heavy atom. The molecule has 1 unspecified atom stereocenters. The summed E-state index contributed by atoms with van der Waals surface area (Å²) in [5, 5.41) is 2.78. The Hall–Kier alpha value is -1.43. The molecule has 0 saturated heterocycles. The van der Waals surface area contributed by atoms with Crippen molar-refractivity contribution in [2.45, 2.75) is 32.9 Å². The van der Waals surface area contributed by atoms with Crippen LogP contribution in [0.4, 0.5) is 0 Å². The number of rotatable bonds is 3. The van der Waals surface area contributed by atoms with Crippen molar-refractivity contribution in [3.8, 4) is 0 Å². The zero-order valence-corrected chi connectivity index (χ0v) is 10.3. The number of carbonyl (C=O) groups excluding carboxylic acids is 1. The Kier molecular flexibility index (Phi) is 4.00. The Bertz CT molecular complexity index is 489. The first kappa shape index (κ1) is 12.6. The Morgan fingerprint density at radius 3 is 2.62 bits per heavy atom. The summed E-state index contributed by atoms with van der Waals surface area (Å²) in [6, 6.07) is 0.980. The van der Waals surface area contributed by atoms with Crippen LogP contribution in [-0.4, -0.2) is 21.5 Å². The van der Waals surface area contributed by atoms with Crippen LogP contribution in [0.3, 0.4) is 0 Å². The van der Waals surface area contributed by atoms with Crippen LogP contribution in [0, 0.1) is 4.77 Å². The fourth-order valence-electron chi connectivity index (χ4n) is 1.26. The molecule has 6 heteroatoms. The number of hydrogen-bond acceptors (Lipinski definition) is 3. The fourth-order valence-corrected chi connectivity index (χ4v) is 1.58. The van der Waals surface area contributed by atoms with Gasteiger partial charge in [-0.3, -0.25) is 14.6 Å². The maximum atomic E-state index is 11.7. The first-order valence-electron chi connectivity index (χ1n) is 5.03. The first-order valence-corrected chi connectivity index (χ1v) is 5.44. The van der Waals surface area contributed by atoms with Gasteiger partial charge in [-0.1, -0.05) is 0 Å². The molecule has 1 aromatic rings.